The zero-order valence-electron chi connectivity index (χ0n) is 13.1. The molecule has 1 saturated heterocycles. The number of rotatable bonds is 7. The second kappa shape index (κ2) is 7.46. The lowest BCUT2D eigenvalue weighted by Gasteiger charge is -2.39. The van der Waals surface area contributed by atoms with Gasteiger partial charge in [-0.05, 0) is 58.4 Å². The Bertz CT molecular complexity index is 218. The molecule has 0 aromatic rings. The second-order valence-electron chi connectivity index (χ2n) is 6.81. The van der Waals surface area contributed by atoms with Crippen LogP contribution in [0.2, 0.25) is 0 Å². The summed E-state index contributed by atoms with van der Waals surface area (Å²) >= 11 is 0. The van der Waals surface area contributed by atoms with Crippen LogP contribution in [0.1, 0.15) is 40.0 Å². The highest BCUT2D eigenvalue weighted by Crippen LogP contribution is 2.20. The predicted octanol–water partition coefficient (Wildman–Crippen LogP) is 2.04. The van der Waals surface area contributed by atoms with Gasteiger partial charge in [-0.3, -0.25) is 0 Å². The van der Waals surface area contributed by atoms with Crippen LogP contribution in [0.25, 0.3) is 0 Å². The third-order valence-corrected chi connectivity index (χ3v) is 3.97. The molecule has 0 aromatic heterocycles. The second-order valence-corrected chi connectivity index (χ2v) is 6.81. The van der Waals surface area contributed by atoms with Gasteiger partial charge in [0.05, 0.1) is 0 Å². The molecule has 1 N–H and O–H groups in total. The highest BCUT2D eigenvalue weighted by molar-refractivity contribution is 4.82. The molecule has 0 bridgehead atoms. The molecule has 18 heavy (non-hydrogen) atoms. The molecule has 108 valence electrons. The summed E-state index contributed by atoms with van der Waals surface area (Å²) in [5.74, 6) is 0. The molecular formula is C15H33N3. The van der Waals surface area contributed by atoms with Crippen molar-refractivity contribution in [1.82, 2.24) is 15.1 Å². The summed E-state index contributed by atoms with van der Waals surface area (Å²) in [6.07, 6.45) is 3.88. The molecule has 1 aliphatic heterocycles. The van der Waals surface area contributed by atoms with Crippen LogP contribution in [-0.4, -0.2) is 62.7 Å². The molecule has 3 nitrogen and oxygen atoms in total. The van der Waals surface area contributed by atoms with Crippen molar-refractivity contribution in [3.63, 3.8) is 0 Å². The van der Waals surface area contributed by atoms with Gasteiger partial charge in [-0.1, -0.05) is 20.8 Å². The van der Waals surface area contributed by atoms with Crippen LogP contribution in [-0.2, 0) is 0 Å². The first-order valence-corrected chi connectivity index (χ1v) is 7.54. The Morgan fingerprint density at radius 2 is 1.83 bits per heavy atom. The van der Waals surface area contributed by atoms with Gasteiger partial charge in [0.15, 0.2) is 0 Å². The van der Waals surface area contributed by atoms with E-state index in [9.17, 15) is 0 Å². The van der Waals surface area contributed by atoms with E-state index in [1.54, 1.807) is 0 Å². The van der Waals surface area contributed by atoms with Crippen LogP contribution in [0.4, 0.5) is 0 Å². The summed E-state index contributed by atoms with van der Waals surface area (Å²) in [4.78, 5) is 5.03. The zero-order valence-corrected chi connectivity index (χ0v) is 13.1. The van der Waals surface area contributed by atoms with Crippen LogP contribution < -0.4 is 5.32 Å². The van der Waals surface area contributed by atoms with Gasteiger partial charge in [-0.2, -0.15) is 0 Å². The third-order valence-electron chi connectivity index (χ3n) is 3.97. The normalized spacial score (nSPS) is 19.7. The lowest BCUT2D eigenvalue weighted by molar-refractivity contribution is 0.107. The Kier molecular flexibility index (Phi) is 6.61. The van der Waals surface area contributed by atoms with Gasteiger partial charge in [-0.25, -0.2) is 0 Å². The van der Waals surface area contributed by atoms with Crippen LogP contribution in [0.3, 0.4) is 0 Å². The van der Waals surface area contributed by atoms with E-state index in [1.807, 2.05) is 0 Å². The molecule has 0 saturated carbocycles. The van der Waals surface area contributed by atoms with Gasteiger partial charge in [-0.15, -0.1) is 0 Å². The number of hydrogen-bond acceptors (Lipinski definition) is 3. The summed E-state index contributed by atoms with van der Waals surface area (Å²) in [6, 6.07) is 0.794. The van der Waals surface area contributed by atoms with Crippen molar-refractivity contribution in [2.75, 3.05) is 46.8 Å². The monoisotopic (exact) mass is 255 g/mol. The molecular weight excluding hydrogens is 222 g/mol. The molecule has 0 unspecified atom stereocenters. The molecule has 0 aromatic carbocycles. The lowest BCUT2D eigenvalue weighted by atomic mass is 9.91. The van der Waals surface area contributed by atoms with Crippen LogP contribution in [0, 0.1) is 5.41 Å². The van der Waals surface area contributed by atoms with E-state index in [4.69, 9.17) is 0 Å². The quantitative estimate of drug-likeness (QED) is 0.702. The van der Waals surface area contributed by atoms with E-state index < -0.39 is 0 Å². The number of piperidine rings is 1. The highest BCUT2D eigenvalue weighted by atomic mass is 15.2. The Balaban J connectivity index is 2.26. The van der Waals surface area contributed by atoms with E-state index in [0.29, 0.717) is 5.41 Å². The molecule has 1 aliphatic rings. The molecule has 1 fully saturated rings. The van der Waals surface area contributed by atoms with Crippen molar-refractivity contribution >= 4 is 0 Å². The summed E-state index contributed by atoms with van der Waals surface area (Å²) in [7, 11) is 4.41. The van der Waals surface area contributed by atoms with Crippen molar-refractivity contribution in [2.45, 2.75) is 46.1 Å². The molecule has 1 rings (SSSR count). The van der Waals surface area contributed by atoms with E-state index in [1.165, 1.54) is 38.9 Å². The SMILES string of the molecule is CCCNCC(C)(C)CN1CCC(N(C)C)CC1. The fraction of sp³-hybridized carbons (Fsp3) is 1.00. The first-order valence-electron chi connectivity index (χ1n) is 7.54. The van der Waals surface area contributed by atoms with Gasteiger partial charge >= 0.3 is 0 Å². The highest BCUT2D eigenvalue weighted by Gasteiger charge is 2.26. The fourth-order valence-electron chi connectivity index (χ4n) is 2.86. The average molecular weight is 255 g/mol. The number of nitrogens with one attached hydrogen (secondary N) is 1. The van der Waals surface area contributed by atoms with Gasteiger partial charge in [0, 0.05) is 19.1 Å². The van der Waals surface area contributed by atoms with Crippen LogP contribution in [0.5, 0.6) is 0 Å². The standard InChI is InChI=1S/C15H33N3/c1-6-9-16-12-15(2,3)13-18-10-7-14(8-11-18)17(4)5/h14,16H,6-13H2,1-5H3. The minimum Gasteiger partial charge on any atom is -0.316 e. The molecule has 0 aliphatic carbocycles. The van der Waals surface area contributed by atoms with Crippen molar-refractivity contribution < 1.29 is 0 Å². The summed E-state index contributed by atoms with van der Waals surface area (Å²) in [5, 5.41) is 3.56. The van der Waals surface area contributed by atoms with E-state index in [-0.39, 0.29) is 0 Å². The Hall–Kier alpha value is -0.120. The molecule has 0 atom stereocenters. The average Bonchev–Trinajstić information content (AvgIpc) is 2.29. The smallest absolute Gasteiger partial charge is 0.0113 e. The molecule has 1 heterocycles. The van der Waals surface area contributed by atoms with Gasteiger partial charge < -0.3 is 15.1 Å². The van der Waals surface area contributed by atoms with Crippen molar-refractivity contribution in [3.8, 4) is 0 Å². The maximum atomic E-state index is 3.56. The Morgan fingerprint density at radius 3 is 2.33 bits per heavy atom. The summed E-state index contributed by atoms with van der Waals surface area (Å²) in [6.45, 7) is 13.0. The molecule has 0 amide bonds. The maximum absolute atomic E-state index is 3.56. The molecule has 3 heteroatoms. The van der Waals surface area contributed by atoms with Crippen LogP contribution >= 0.6 is 0 Å². The van der Waals surface area contributed by atoms with Crippen LogP contribution in [0.15, 0.2) is 0 Å². The number of hydrogen-bond donors (Lipinski definition) is 1. The first-order chi connectivity index (χ1) is 8.44. The fourth-order valence-corrected chi connectivity index (χ4v) is 2.86. The number of nitrogens with zero attached hydrogens (tertiary/aromatic N) is 2. The minimum absolute atomic E-state index is 0.389. The lowest BCUT2D eigenvalue weighted by Crippen LogP contribution is -2.47. The van der Waals surface area contributed by atoms with E-state index >= 15 is 0 Å². The summed E-state index contributed by atoms with van der Waals surface area (Å²) in [5.41, 5.74) is 0.389. The number of likely N-dealkylation sites (tertiary alicyclic amines) is 1. The Labute approximate surface area is 114 Å². The first kappa shape index (κ1) is 15.9. The van der Waals surface area contributed by atoms with Crippen molar-refractivity contribution in [3.05, 3.63) is 0 Å². The van der Waals surface area contributed by atoms with E-state index in [0.717, 1.165) is 19.1 Å². The topological polar surface area (TPSA) is 18.5 Å². The van der Waals surface area contributed by atoms with E-state index in [2.05, 4.69) is 50.0 Å². The third kappa shape index (κ3) is 5.68. The van der Waals surface area contributed by atoms with Crippen molar-refractivity contribution in [2.24, 2.45) is 5.41 Å². The zero-order chi connectivity index (χ0) is 13.6. The minimum atomic E-state index is 0.389. The largest absolute Gasteiger partial charge is 0.316 e. The van der Waals surface area contributed by atoms with Gasteiger partial charge in [0.25, 0.3) is 0 Å². The van der Waals surface area contributed by atoms with Gasteiger partial charge in [0.1, 0.15) is 0 Å². The maximum Gasteiger partial charge on any atom is 0.0113 e. The molecule has 0 radical (unpaired) electrons. The molecule has 0 spiro atoms. The summed E-state index contributed by atoms with van der Waals surface area (Å²) < 4.78 is 0. The van der Waals surface area contributed by atoms with Crippen molar-refractivity contribution in [1.29, 1.82) is 0 Å². The Morgan fingerprint density at radius 1 is 1.22 bits per heavy atom. The predicted molar refractivity (Wildman–Crippen MR) is 80.1 cm³/mol. The van der Waals surface area contributed by atoms with Gasteiger partial charge in [0.2, 0.25) is 0 Å².